The number of carboxylic acid groups (broad SMARTS) is 1. The monoisotopic (exact) mass is 577 g/mol. The smallest absolute Gasteiger partial charge is 0.325 e. The van der Waals surface area contributed by atoms with Crippen molar-refractivity contribution in [1.82, 2.24) is 9.88 Å². The van der Waals surface area contributed by atoms with Gasteiger partial charge in [0.15, 0.2) is 0 Å². The molecule has 0 bridgehead atoms. The zero-order chi connectivity index (χ0) is 29.0. The molecule has 2 N–H and O–H groups in total. The first-order chi connectivity index (χ1) is 19.7. The lowest BCUT2D eigenvalue weighted by atomic mass is 9.91. The van der Waals surface area contributed by atoms with Crippen molar-refractivity contribution in [2.45, 2.75) is 75.5 Å². The molecule has 0 aliphatic carbocycles. The van der Waals surface area contributed by atoms with E-state index in [1.165, 1.54) is 18.2 Å². The normalized spacial score (nSPS) is 23.0. The summed E-state index contributed by atoms with van der Waals surface area (Å²) in [5.74, 6) is -2.83. The summed E-state index contributed by atoms with van der Waals surface area (Å²) in [4.78, 5) is 18.9. The predicted molar refractivity (Wildman–Crippen MR) is 146 cm³/mol. The van der Waals surface area contributed by atoms with Crippen LogP contribution in [0.15, 0.2) is 24.3 Å². The minimum atomic E-state index is -2.91. The van der Waals surface area contributed by atoms with Crippen LogP contribution in [0.3, 0.4) is 0 Å². The Hall–Kier alpha value is -2.89. The number of methoxy groups -OCH3 is 1. The van der Waals surface area contributed by atoms with Crippen LogP contribution < -0.4 is 10.1 Å². The van der Waals surface area contributed by atoms with Gasteiger partial charge in [-0.3, -0.25) is 9.69 Å². The Morgan fingerprint density at radius 3 is 2.90 bits per heavy atom. The van der Waals surface area contributed by atoms with Crippen molar-refractivity contribution in [1.29, 1.82) is 0 Å². The number of fused-ring (bicyclic) bond motifs is 1. The number of rotatable bonds is 11. The molecule has 41 heavy (non-hydrogen) atoms. The first kappa shape index (κ1) is 29.6. The fourth-order valence-electron chi connectivity index (χ4n) is 6.08. The summed E-state index contributed by atoms with van der Waals surface area (Å²) in [5, 5.41) is 13.5. The number of aryl methyl sites for hydroxylation is 1. The molecule has 1 unspecified atom stereocenters. The molecule has 1 aromatic heterocycles. The van der Waals surface area contributed by atoms with Gasteiger partial charge in [0.25, 0.3) is 5.92 Å². The Labute approximate surface area is 238 Å². The van der Waals surface area contributed by atoms with Gasteiger partial charge in [-0.1, -0.05) is 6.07 Å². The average Bonchev–Trinajstić information content (AvgIpc) is 3.41. The van der Waals surface area contributed by atoms with Gasteiger partial charge in [-0.25, -0.2) is 18.2 Å². The summed E-state index contributed by atoms with van der Waals surface area (Å²) < 4.78 is 58.7. The van der Waals surface area contributed by atoms with Crippen LogP contribution in [0, 0.1) is 5.82 Å². The zero-order valence-corrected chi connectivity index (χ0v) is 23.3. The van der Waals surface area contributed by atoms with Crippen molar-refractivity contribution < 1.29 is 37.3 Å². The molecule has 224 valence electrons. The van der Waals surface area contributed by atoms with Crippen LogP contribution in [0.25, 0.3) is 0 Å². The van der Waals surface area contributed by atoms with Gasteiger partial charge < -0.3 is 24.6 Å². The third-order valence-electron chi connectivity index (χ3n) is 8.17. The van der Waals surface area contributed by atoms with E-state index in [0.29, 0.717) is 31.7 Å². The standard InChI is InChI=1S/C30H38F3N3O5/c1-39-26-16-20(35-28-23(26)6-4-12-34-28)5-2-3-14-40-21-10-13-36(17-21)27(29(37)38)24-15-19(31)7-8-22(24)25-9-11-30(32,33)18-41-25/h7-8,15-16,21,25,27H,2-6,9-14,17-18H2,1H3,(H,34,35)(H,37,38)/t21-,25?,27+/m1/s1. The molecule has 3 aliphatic rings. The van der Waals surface area contributed by atoms with Crippen molar-refractivity contribution in [2.75, 3.05) is 45.3 Å². The van der Waals surface area contributed by atoms with Crippen LogP contribution in [0.1, 0.15) is 73.1 Å². The molecule has 2 aromatic rings. The van der Waals surface area contributed by atoms with Gasteiger partial charge in [0.1, 0.15) is 30.0 Å². The number of unbranched alkanes of at least 4 members (excludes halogenated alkanes) is 1. The molecule has 11 heteroatoms. The quantitative estimate of drug-likeness (QED) is 0.347. The Morgan fingerprint density at radius 1 is 1.29 bits per heavy atom. The van der Waals surface area contributed by atoms with Crippen LogP contribution in [-0.2, 0) is 27.1 Å². The number of hydrogen-bond donors (Lipinski definition) is 2. The van der Waals surface area contributed by atoms with E-state index in [1.54, 1.807) is 12.0 Å². The molecule has 3 atom stereocenters. The molecule has 5 rings (SSSR count). The second-order valence-corrected chi connectivity index (χ2v) is 11.1. The summed E-state index contributed by atoms with van der Waals surface area (Å²) in [5.41, 5.74) is 2.80. The van der Waals surface area contributed by atoms with E-state index < -0.39 is 36.5 Å². The van der Waals surface area contributed by atoms with Crippen molar-refractivity contribution in [3.05, 3.63) is 52.5 Å². The Balaban J connectivity index is 1.15. The molecule has 2 fully saturated rings. The van der Waals surface area contributed by atoms with E-state index in [1.807, 2.05) is 6.07 Å². The summed E-state index contributed by atoms with van der Waals surface area (Å²) in [7, 11) is 1.68. The second kappa shape index (κ2) is 13.0. The molecule has 0 saturated carbocycles. The van der Waals surface area contributed by atoms with Crippen LogP contribution in [0.5, 0.6) is 5.75 Å². The topological polar surface area (TPSA) is 93.2 Å². The second-order valence-electron chi connectivity index (χ2n) is 11.1. The molecule has 8 nitrogen and oxygen atoms in total. The van der Waals surface area contributed by atoms with Crippen molar-refractivity contribution in [3.8, 4) is 5.75 Å². The number of carboxylic acids is 1. The number of carbonyl (C=O) groups is 1. The number of pyridine rings is 1. The van der Waals surface area contributed by atoms with Crippen LogP contribution in [0.2, 0.25) is 0 Å². The number of halogens is 3. The maximum absolute atomic E-state index is 14.3. The van der Waals surface area contributed by atoms with Crippen LogP contribution >= 0.6 is 0 Å². The number of nitrogens with zero attached hydrogens (tertiary/aromatic N) is 2. The molecule has 0 spiro atoms. The highest BCUT2D eigenvalue weighted by molar-refractivity contribution is 5.76. The number of aromatic nitrogens is 1. The molecule has 4 heterocycles. The lowest BCUT2D eigenvalue weighted by molar-refractivity contribution is -0.147. The summed E-state index contributed by atoms with van der Waals surface area (Å²) in [6.07, 6.45) is 4.00. The molecular weight excluding hydrogens is 539 g/mol. The van der Waals surface area contributed by atoms with Crippen molar-refractivity contribution in [3.63, 3.8) is 0 Å². The lowest BCUT2D eigenvalue weighted by Gasteiger charge is -2.32. The lowest BCUT2D eigenvalue weighted by Crippen LogP contribution is -2.36. The van der Waals surface area contributed by atoms with Crippen molar-refractivity contribution >= 4 is 11.8 Å². The molecular formula is C30H38F3N3O5. The fraction of sp³-hybridized carbons (Fsp3) is 0.600. The first-order valence-electron chi connectivity index (χ1n) is 14.4. The van der Waals surface area contributed by atoms with E-state index in [0.717, 1.165) is 61.5 Å². The van der Waals surface area contributed by atoms with Gasteiger partial charge in [0.2, 0.25) is 0 Å². The number of aliphatic carboxylic acids is 1. The van der Waals surface area contributed by atoms with Gasteiger partial charge in [-0.2, -0.15) is 0 Å². The minimum absolute atomic E-state index is 0.0357. The Kier molecular flexibility index (Phi) is 9.35. The van der Waals surface area contributed by atoms with Crippen LogP contribution in [0.4, 0.5) is 19.0 Å². The van der Waals surface area contributed by atoms with Gasteiger partial charge in [0, 0.05) is 50.0 Å². The number of nitrogens with one attached hydrogen (secondary N) is 1. The highest BCUT2D eigenvalue weighted by atomic mass is 19.3. The maximum Gasteiger partial charge on any atom is 0.325 e. The minimum Gasteiger partial charge on any atom is -0.496 e. The number of likely N-dealkylation sites (tertiary alicyclic amines) is 1. The van der Waals surface area contributed by atoms with Gasteiger partial charge in [-0.15, -0.1) is 0 Å². The van der Waals surface area contributed by atoms with E-state index >= 15 is 0 Å². The Morgan fingerprint density at radius 2 is 2.15 bits per heavy atom. The van der Waals surface area contributed by atoms with Gasteiger partial charge in [-0.05, 0) is 68.2 Å². The number of alkyl halides is 2. The summed E-state index contributed by atoms with van der Waals surface area (Å²) >= 11 is 0. The number of ether oxygens (including phenoxy) is 3. The van der Waals surface area contributed by atoms with E-state index in [-0.39, 0.29) is 24.5 Å². The molecule has 3 aliphatic heterocycles. The fourth-order valence-corrected chi connectivity index (χ4v) is 6.08. The average molecular weight is 578 g/mol. The highest BCUT2D eigenvalue weighted by Crippen LogP contribution is 2.40. The predicted octanol–water partition coefficient (Wildman–Crippen LogP) is 5.31. The largest absolute Gasteiger partial charge is 0.496 e. The Bertz CT molecular complexity index is 1200. The zero-order valence-electron chi connectivity index (χ0n) is 23.3. The van der Waals surface area contributed by atoms with E-state index in [4.69, 9.17) is 19.2 Å². The third kappa shape index (κ3) is 7.13. The number of anilines is 1. The van der Waals surface area contributed by atoms with E-state index in [2.05, 4.69) is 5.32 Å². The molecule has 1 aromatic carbocycles. The summed E-state index contributed by atoms with van der Waals surface area (Å²) in [6.45, 7) is 1.55. The molecule has 0 radical (unpaired) electrons. The summed E-state index contributed by atoms with van der Waals surface area (Å²) in [6, 6.07) is 4.76. The van der Waals surface area contributed by atoms with Crippen LogP contribution in [-0.4, -0.2) is 72.9 Å². The first-order valence-corrected chi connectivity index (χ1v) is 14.4. The highest BCUT2D eigenvalue weighted by Gasteiger charge is 2.40. The van der Waals surface area contributed by atoms with E-state index in [9.17, 15) is 23.1 Å². The molecule has 2 saturated heterocycles. The maximum atomic E-state index is 14.3. The van der Waals surface area contributed by atoms with Gasteiger partial charge in [0.05, 0.1) is 19.3 Å². The van der Waals surface area contributed by atoms with Crippen molar-refractivity contribution in [2.24, 2.45) is 0 Å². The molecule has 0 amide bonds. The van der Waals surface area contributed by atoms with Gasteiger partial charge >= 0.3 is 5.97 Å². The number of hydrogen-bond acceptors (Lipinski definition) is 7. The SMILES string of the molecule is COc1cc(CCCCO[C@@H]2CCN([C@H](C(=O)O)c3cc(F)ccc3C3CCC(F)(F)CO3)C2)nc2c1CCCN2. The number of benzene rings is 1. The third-order valence-corrected chi connectivity index (χ3v) is 8.17.